The topological polar surface area (TPSA) is 51.1 Å². The molecular formula is C12H18N2O2. The molecule has 0 fully saturated rings. The van der Waals surface area contributed by atoms with Crippen molar-refractivity contribution in [1.29, 1.82) is 0 Å². The van der Waals surface area contributed by atoms with E-state index in [-0.39, 0.29) is 24.1 Å². The van der Waals surface area contributed by atoms with Gasteiger partial charge in [-0.1, -0.05) is 13.0 Å². The molecule has 1 heterocycles. The first-order chi connectivity index (χ1) is 7.54. The molecule has 0 spiro atoms. The van der Waals surface area contributed by atoms with Crippen molar-refractivity contribution in [2.45, 2.75) is 39.8 Å². The van der Waals surface area contributed by atoms with Crippen LogP contribution in [0.25, 0.3) is 0 Å². The third-order valence-electron chi connectivity index (χ3n) is 2.59. The molecule has 0 aromatic carbocycles. The standard InChI is InChI=1S/C12H18N2O2/c1-4-9(2)13-11(15)8-14-10(3)6-5-7-12(14)16/h5-7,9H,4,8H2,1-3H3,(H,13,15). The second kappa shape index (κ2) is 5.49. The van der Waals surface area contributed by atoms with Gasteiger partial charge in [0.05, 0.1) is 0 Å². The number of pyridine rings is 1. The van der Waals surface area contributed by atoms with Crippen molar-refractivity contribution in [3.05, 3.63) is 34.2 Å². The molecule has 1 aromatic heterocycles. The van der Waals surface area contributed by atoms with Crippen LogP contribution in [0.15, 0.2) is 23.0 Å². The van der Waals surface area contributed by atoms with Crippen molar-refractivity contribution in [1.82, 2.24) is 9.88 Å². The van der Waals surface area contributed by atoms with Gasteiger partial charge in [-0.15, -0.1) is 0 Å². The van der Waals surface area contributed by atoms with E-state index < -0.39 is 0 Å². The molecule has 16 heavy (non-hydrogen) atoms. The molecule has 88 valence electrons. The second-order valence-electron chi connectivity index (χ2n) is 3.97. The lowest BCUT2D eigenvalue weighted by Gasteiger charge is -2.13. The summed E-state index contributed by atoms with van der Waals surface area (Å²) >= 11 is 0. The average Bonchev–Trinajstić information content (AvgIpc) is 2.23. The van der Waals surface area contributed by atoms with Crippen molar-refractivity contribution < 1.29 is 4.79 Å². The number of carbonyl (C=O) groups is 1. The molecule has 1 unspecified atom stereocenters. The Morgan fingerprint density at radius 3 is 2.75 bits per heavy atom. The first-order valence-corrected chi connectivity index (χ1v) is 5.50. The summed E-state index contributed by atoms with van der Waals surface area (Å²) in [5, 5.41) is 2.83. The number of aryl methyl sites for hydroxylation is 1. The predicted molar refractivity (Wildman–Crippen MR) is 63.3 cm³/mol. The highest BCUT2D eigenvalue weighted by Crippen LogP contribution is 1.94. The Labute approximate surface area is 95.3 Å². The minimum absolute atomic E-state index is 0.0931. The van der Waals surface area contributed by atoms with Gasteiger partial charge in [-0.3, -0.25) is 9.59 Å². The van der Waals surface area contributed by atoms with Gasteiger partial charge in [0.1, 0.15) is 6.54 Å². The van der Waals surface area contributed by atoms with E-state index in [0.717, 1.165) is 12.1 Å². The van der Waals surface area contributed by atoms with Gasteiger partial charge in [-0.2, -0.15) is 0 Å². The summed E-state index contributed by atoms with van der Waals surface area (Å²) < 4.78 is 1.47. The van der Waals surface area contributed by atoms with Crippen LogP contribution in [0.2, 0.25) is 0 Å². The van der Waals surface area contributed by atoms with Crippen LogP contribution in [0.1, 0.15) is 26.0 Å². The highest BCUT2D eigenvalue weighted by atomic mass is 16.2. The molecule has 4 heteroatoms. The quantitative estimate of drug-likeness (QED) is 0.828. The predicted octanol–water partition coefficient (Wildman–Crippen LogP) is 1.07. The number of nitrogens with zero attached hydrogens (tertiary/aromatic N) is 1. The fourth-order valence-electron chi connectivity index (χ4n) is 1.39. The number of hydrogen-bond acceptors (Lipinski definition) is 2. The first kappa shape index (κ1) is 12.5. The Morgan fingerprint density at radius 2 is 2.19 bits per heavy atom. The van der Waals surface area contributed by atoms with E-state index in [4.69, 9.17) is 0 Å². The molecule has 0 aliphatic heterocycles. The largest absolute Gasteiger partial charge is 0.352 e. The van der Waals surface area contributed by atoms with Gasteiger partial charge in [0.2, 0.25) is 5.91 Å². The molecule has 1 atom stereocenters. The van der Waals surface area contributed by atoms with E-state index in [9.17, 15) is 9.59 Å². The van der Waals surface area contributed by atoms with Gasteiger partial charge in [-0.05, 0) is 26.3 Å². The summed E-state index contributed by atoms with van der Waals surface area (Å²) in [4.78, 5) is 23.1. The molecule has 4 nitrogen and oxygen atoms in total. The van der Waals surface area contributed by atoms with Crippen LogP contribution >= 0.6 is 0 Å². The van der Waals surface area contributed by atoms with Crippen molar-refractivity contribution in [2.24, 2.45) is 0 Å². The van der Waals surface area contributed by atoms with E-state index >= 15 is 0 Å². The first-order valence-electron chi connectivity index (χ1n) is 5.50. The molecule has 1 aromatic rings. The van der Waals surface area contributed by atoms with E-state index in [1.54, 1.807) is 6.07 Å². The fourth-order valence-corrected chi connectivity index (χ4v) is 1.39. The summed E-state index contributed by atoms with van der Waals surface area (Å²) in [5.74, 6) is -0.120. The summed E-state index contributed by atoms with van der Waals surface area (Å²) in [6.07, 6.45) is 0.883. The number of nitrogens with one attached hydrogen (secondary N) is 1. The SMILES string of the molecule is CCC(C)NC(=O)Cn1c(C)cccc1=O. The lowest BCUT2D eigenvalue weighted by Crippen LogP contribution is -2.37. The Balaban J connectivity index is 2.74. The molecule has 0 aliphatic carbocycles. The zero-order valence-electron chi connectivity index (χ0n) is 9.99. The van der Waals surface area contributed by atoms with E-state index in [1.807, 2.05) is 26.8 Å². The van der Waals surface area contributed by atoms with Crippen LogP contribution in [-0.4, -0.2) is 16.5 Å². The van der Waals surface area contributed by atoms with Crippen molar-refractivity contribution in [2.75, 3.05) is 0 Å². The number of aromatic nitrogens is 1. The third kappa shape index (κ3) is 3.22. The molecule has 0 saturated heterocycles. The van der Waals surface area contributed by atoms with Crippen LogP contribution in [0.3, 0.4) is 0 Å². The van der Waals surface area contributed by atoms with E-state index in [2.05, 4.69) is 5.32 Å². The van der Waals surface area contributed by atoms with Crippen LogP contribution in [0.5, 0.6) is 0 Å². The van der Waals surface area contributed by atoms with E-state index in [1.165, 1.54) is 10.6 Å². The van der Waals surface area contributed by atoms with Gasteiger partial charge in [-0.25, -0.2) is 0 Å². The minimum atomic E-state index is -0.140. The Bertz CT molecular complexity index is 423. The maximum Gasteiger partial charge on any atom is 0.251 e. The summed E-state index contributed by atoms with van der Waals surface area (Å²) in [5.41, 5.74) is 0.658. The van der Waals surface area contributed by atoms with Gasteiger partial charge in [0, 0.05) is 17.8 Å². The molecule has 1 amide bonds. The molecule has 0 radical (unpaired) electrons. The fraction of sp³-hybridized carbons (Fsp3) is 0.500. The average molecular weight is 222 g/mol. The number of rotatable bonds is 4. The number of carbonyl (C=O) groups excluding carboxylic acids is 1. The van der Waals surface area contributed by atoms with Crippen LogP contribution < -0.4 is 10.9 Å². The van der Waals surface area contributed by atoms with Crippen molar-refractivity contribution in [3.63, 3.8) is 0 Å². The minimum Gasteiger partial charge on any atom is -0.352 e. The van der Waals surface area contributed by atoms with Crippen LogP contribution in [-0.2, 0) is 11.3 Å². The molecule has 1 N–H and O–H groups in total. The second-order valence-corrected chi connectivity index (χ2v) is 3.97. The summed E-state index contributed by atoms with van der Waals surface area (Å²) in [6.45, 7) is 5.86. The Hall–Kier alpha value is -1.58. The molecule has 0 aliphatic rings. The molecule has 1 rings (SSSR count). The van der Waals surface area contributed by atoms with Crippen LogP contribution in [0.4, 0.5) is 0 Å². The van der Waals surface area contributed by atoms with Crippen LogP contribution in [0, 0.1) is 6.92 Å². The third-order valence-corrected chi connectivity index (χ3v) is 2.59. The van der Waals surface area contributed by atoms with Gasteiger partial charge >= 0.3 is 0 Å². The summed E-state index contributed by atoms with van der Waals surface area (Å²) in [7, 11) is 0. The van der Waals surface area contributed by atoms with Gasteiger partial charge in [0.25, 0.3) is 5.56 Å². The lowest BCUT2D eigenvalue weighted by atomic mass is 10.2. The Kier molecular flexibility index (Phi) is 4.28. The maximum absolute atomic E-state index is 11.6. The zero-order valence-corrected chi connectivity index (χ0v) is 9.99. The lowest BCUT2D eigenvalue weighted by molar-refractivity contribution is -0.122. The number of amides is 1. The zero-order chi connectivity index (χ0) is 12.1. The molecule has 0 saturated carbocycles. The molecular weight excluding hydrogens is 204 g/mol. The number of hydrogen-bond donors (Lipinski definition) is 1. The van der Waals surface area contributed by atoms with Gasteiger partial charge in [0.15, 0.2) is 0 Å². The van der Waals surface area contributed by atoms with E-state index in [0.29, 0.717) is 0 Å². The maximum atomic E-state index is 11.6. The normalized spacial score (nSPS) is 12.2. The highest BCUT2D eigenvalue weighted by molar-refractivity contribution is 5.76. The summed E-state index contributed by atoms with van der Waals surface area (Å²) in [6, 6.07) is 5.12. The molecule has 0 bridgehead atoms. The van der Waals surface area contributed by atoms with Crippen molar-refractivity contribution >= 4 is 5.91 Å². The highest BCUT2D eigenvalue weighted by Gasteiger charge is 2.08. The van der Waals surface area contributed by atoms with Gasteiger partial charge < -0.3 is 9.88 Å². The Morgan fingerprint density at radius 1 is 1.50 bits per heavy atom. The van der Waals surface area contributed by atoms with Crippen molar-refractivity contribution in [3.8, 4) is 0 Å². The monoisotopic (exact) mass is 222 g/mol. The smallest absolute Gasteiger partial charge is 0.251 e.